The fourth-order valence-corrected chi connectivity index (χ4v) is 10.6. The summed E-state index contributed by atoms with van der Waals surface area (Å²) in [5.41, 5.74) is 2.60. The van der Waals surface area contributed by atoms with E-state index in [1.165, 1.54) is 36.4 Å². The minimum atomic E-state index is -1.21. The fraction of sp³-hybridized carbons (Fsp3) is 0.0308. The zero-order chi connectivity index (χ0) is 56.9. The molecule has 0 aromatic heterocycles. The van der Waals surface area contributed by atoms with Gasteiger partial charge in [-0.15, -0.1) is 10.2 Å². The van der Waals surface area contributed by atoms with Crippen LogP contribution in [0.2, 0.25) is 10.0 Å². The van der Waals surface area contributed by atoms with Crippen LogP contribution >= 0.6 is 23.2 Å². The molecule has 10 aromatic carbocycles. The summed E-state index contributed by atoms with van der Waals surface area (Å²) in [4.78, 5) is 96.5. The Morgan fingerprint density at radius 3 is 1.17 bits per heavy atom. The number of amides is 2. The lowest BCUT2D eigenvalue weighted by Gasteiger charge is -2.12. The Balaban J connectivity index is 0.731. The van der Waals surface area contributed by atoms with E-state index in [2.05, 4.69) is 31.1 Å². The Morgan fingerprint density at radius 2 is 0.768 bits per heavy atom. The molecular weight excluding hydrogens is 1080 g/mol. The second-order valence-corrected chi connectivity index (χ2v) is 20.1. The van der Waals surface area contributed by atoms with Gasteiger partial charge in [0.1, 0.15) is 23.2 Å². The monoisotopic (exact) mass is 1120 g/mol. The van der Waals surface area contributed by atoms with Crippen LogP contribution in [0.5, 0.6) is 11.5 Å². The van der Waals surface area contributed by atoms with Crippen LogP contribution in [0.4, 0.5) is 34.1 Å². The molecule has 4 N–H and O–H groups in total. The van der Waals surface area contributed by atoms with Crippen molar-refractivity contribution >= 4 is 120 Å². The third-order valence-electron chi connectivity index (χ3n) is 14.4. The first kappa shape index (κ1) is 52.1. The fourth-order valence-electron chi connectivity index (χ4n) is 10.2. The van der Waals surface area contributed by atoms with E-state index in [0.29, 0.717) is 65.5 Å². The molecule has 0 fully saturated rings. The van der Waals surface area contributed by atoms with E-state index in [1.807, 2.05) is 0 Å². The predicted molar refractivity (Wildman–Crippen MR) is 310 cm³/mol. The number of anilines is 2. The lowest BCUT2D eigenvalue weighted by Crippen LogP contribution is -2.12. The number of hydrogen-bond acceptors (Lipinski definition) is 13. The predicted octanol–water partition coefficient (Wildman–Crippen LogP) is 15.6. The first-order valence-corrected chi connectivity index (χ1v) is 26.1. The number of fused-ring (bicyclic) bond motifs is 4. The molecule has 0 aliphatic heterocycles. The van der Waals surface area contributed by atoms with Crippen LogP contribution < -0.4 is 10.6 Å². The number of aromatic hydroxyl groups is 2. The second-order valence-electron chi connectivity index (χ2n) is 19.3. The van der Waals surface area contributed by atoms with Crippen molar-refractivity contribution in [1.29, 1.82) is 0 Å². The smallest absolute Gasteiger partial charge is 0.259 e. The van der Waals surface area contributed by atoms with Gasteiger partial charge in [0, 0.05) is 44.2 Å². The van der Waals surface area contributed by atoms with Gasteiger partial charge >= 0.3 is 0 Å². The molecule has 2 unspecified atom stereocenters. The number of carbonyl (C=O) groups excluding carboxylic acids is 7. The van der Waals surface area contributed by atoms with Crippen molar-refractivity contribution in [3.63, 3.8) is 0 Å². The van der Waals surface area contributed by atoms with Gasteiger partial charge in [-0.1, -0.05) is 132 Å². The summed E-state index contributed by atoms with van der Waals surface area (Å²) in [5, 5.41) is 48.4. The van der Waals surface area contributed by atoms with Crippen LogP contribution in [0.3, 0.4) is 0 Å². The molecule has 12 rings (SSSR count). The number of azo groups is 2. The summed E-state index contributed by atoms with van der Waals surface area (Å²) in [7, 11) is 0. The highest BCUT2D eigenvalue weighted by molar-refractivity contribution is 6.35. The minimum Gasteiger partial charge on any atom is -0.505 e. The van der Waals surface area contributed by atoms with Gasteiger partial charge in [-0.3, -0.25) is 33.6 Å². The molecule has 10 aromatic rings. The zero-order valence-corrected chi connectivity index (χ0v) is 43.9. The molecule has 0 saturated heterocycles. The Hall–Kier alpha value is -10.6. The lowest BCUT2D eigenvalue weighted by atomic mass is 9.94. The third kappa shape index (κ3) is 9.44. The molecule has 0 spiro atoms. The van der Waals surface area contributed by atoms with Gasteiger partial charge < -0.3 is 20.8 Å². The molecule has 0 saturated carbocycles. The lowest BCUT2D eigenvalue weighted by molar-refractivity contribution is 0.0874. The number of phenolic OH excluding ortho intramolecular Hbond substituents is 2. The molecule has 2 aliphatic rings. The van der Waals surface area contributed by atoms with Crippen molar-refractivity contribution in [2.45, 2.75) is 11.8 Å². The number of hydrogen-bond donors (Lipinski definition) is 4. The molecule has 0 heterocycles. The average Bonchev–Trinajstić information content (AvgIpc) is 4.10. The van der Waals surface area contributed by atoms with Gasteiger partial charge in [0.15, 0.2) is 40.4 Å². The number of carbonyl (C=O) groups is 7. The van der Waals surface area contributed by atoms with Crippen molar-refractivity contribution in [2.24, 2.45) is 20.5 Å². The summed E-state index contributed by atoms with van der Waals surface area (Å²) >= 11 is 12.5. The maximum absolute atomic E-state index is 14.1. The summed E-state index contributed by atoms with van der Waals surface area (Å²) in [6, 6.07) is 51.5. The van der Waals surface area contributed by atoms with E-state index in [-0.39, 0.29) is 55.9 Å². The van der Waals surface area contributed by atoms with Crippen LogP contribution in [0.25, 0.3) is 21.5 Å². The average molecular weight is 1120 g/mol. The minimum absolute atomic E-state index is 0.0414. The van der Waals surface area contributed by atoms with Gasteiger partial charge in [0.25, 0.3) is 11.8 Å². The third-order valence-corrected chi connectivity index (χ3v) is 15.0. The molecule has 2 atom stereocenters. The van der Waals surface area contributed by atoms with Crippen molar-refractivity contribution in [1.82, 2.24) is 0 Å². The van der Waals surface area contributed by atoms with Gasteiger partial charge in [-0.25, -0.2) is 0 Å². The van der Waals surface area contributed by atoms with E-state index in [1.54, 1.807) is 158 Å². The van der Waals surface area contributed by atoms with Crippen molar-refractivity contribution < 1.29 is 43.8 Å². The summed E-state index contributed by atoms with van der Waals surface area (Å²) in [5.74, 6) is -6.98. The first-order chi connectivity index (χ1) is 39.7. The van der Waals surface area contributed by atoms with Crippen LogP contribution in [0.1, 0.15) is 101 Å². The van der Waals surface area contributed by atoms with Crippen LogP contribution in [-0.4, -0.2) is 50.9 Å². The molecule has 396 valence electrons. The Morgan fingerprint density at radius 1 is 0.402 bits per heavy atom. The van der Waals surface area contributed by atoms with E-state index < -0.39 is 64.1 Å². The molecule has 0 bridgehead atoms. The van der Waals surface area contributed by atoms with Crippen LogP contribution in [0, 0.1) is 0 Å². The zero-order valence-electron chi connectivity index (χ0n) is 42.4. The quantitative estimate of drug-likeness (QED) is 0.0517. The van der Waals surface area contributed by atoms with Crippen LogP contribution in [0.15, 0.2) is 215 Å². The number of rotatable bonds is 12. The van der Waals surface area contributed by atoms with Gasteiger partial charge in [-0.2, -0.15) is 10.2 Å². The van der Waals surface area contributed by atoms with Gasteiger partial charge in [-0.05, 0) is 107 Å². The number of benzene rings is 10. The number of ketones is 5. The summed E-state index contributed by atoms with van der Waals surface area (Å²) in [6.45, 7) is 0. The SMILES string of the molecule is O=C(c1ccc2c(c1)C(=O)C(c1ccc(N=Nc3c(O)c(C(=O)Nc4ccccc4Cl)cc4ccccc34)cc1)C2=O)c1ccc2c(c1)C(=O)C(c1ccc(N=Nc3c(O)c(C(=O)Nc4ccccc4Cl)cc4ccccc34)cc1)C2=O. The maximum atomic E-state index is 14.1. The maximum Gasteiger partial charge on any atom is 0.259 e. The molecular formula is C65H38Cl2N6O9. The van der Waals surface area contributed by atoms with Crippen LogP contribution in [-0.2, 0) is 0 Å². The number of phenols is 2. The topological polar surface area (TPSA) is 233 Å². The summed E-state index contributed by atoms with van der Waals surface area (Å²) in [6.07, 6.45) is 0. The molecule has 15 nitrogen and oxygen atoms in total. The van der Waals surface area contributed by atoms with Crippen molar-refractivity contribution in [2.75, 3.05) is 10.6 Å². The van der Waals surface area contributed by atoms with Gasteiger partial charge in [0.2, 0.25) is 0 Å². The molecule has 2 aliphatic carbocycles. The number of nitrogens with zero attached hydrogens (tertiary/aromatic N) is 4. The van der Waals surface area contributed by atoms with E-state index >= 15 is 0 Å². The molecule has 17 heteroatoms. The molecule has 2 amide bonds. The number of halogens is 2. The van der Waals surface area contributed by atoms with Crippen molar-refractivity contribution in [3.05, 3.63) is 260 Å². The summed E-state index contributed by atoms with van der Waals surface area (Å²) < 4.78 is 0. The van der Waals surface area contributed by atoms with E-state index in [9.17, 15) is 43.8 Å². The number of Topliss-reactive ketones (excluding diaryl/α,β-unsaturated/α-hetero) is 4. The van der Waals surface area contributed by atoms with E-state index in [0.717, 1.165) is 0 Å². The number of para-hydroxylation sites is 2. The largest absolute Gasteiger partial charge is 0.505 e. The normalized spacial score (nSPS) is 14.7. The highest BCUT2D eigenvalue weighted by atomic mass is 35.5. The molecule has 0 radical (unpaired) electrons. The Labute approximate surface area is 475 Å². The second kappa shape index (κ2) is 21.2. The Bertz CT molecular complexity index is 4220. The number of nitrogens with one attached hydrogen (secondary N) is 2. The molecule has 82 heavy (non-hydrogen) atoms. The highest BCUT2D eigenvalue weighted by Gasteiger charge is 2.42. The van der Waals surface area contributed by atoms with Crippen molar-refractivity contribution in [3.8, 4) is 11.5 Å². The van der Waals surface area contributed by atoms with Gasteiger partial charge in [0.05, 0.1) is 43.9 Å². The first-order valence-electron chi connectivity index (χ1n) is 25.4. The standard InChI is InChI=1S/C65H38Cl2N6O9/c66-49-13-5-7-15-51(49)68-64(81)47-29-35-9-1-3-11-41(35)55(62(47)79)72-70-39-23-17-33(18-24-39)53-58(75)43-27-21-37(31-45(43)60(53)77)57(74)38-22-28-44-46(32-38)61(78)54(59(44)76)34-19-25-40(26-20-34)71-73-56-42-12-4-2-10-36(42)30-48(63(56)80)65(82)69-52-16-8-6-14-50(52)67/h1-32,53-54,79-80H,(H,68,81)(H,69,82). The Kier molecular flexibility index (Phi) is 13.5. The van der Waals surface area contributed by atoms with E-state index in [4.69, 9.17) is 23.2 Å². The highest BCUT2D eigenvalue weighted by Crippen LogP contribution is 2.43.